The minimum absolute atomic E-state index is 0.224. The van der Waals surface area contributed by atoms with Crippen molar-refractivity contribution in [3.05, 3.63) is 83.5 Å². The number of benzene rings is 2. The molecule has 1 atom stereocenters. The first-order valence-corrected chi connectivity index (χ1v) is 12.9. The summed E-state index contributed by atoms with van der Waals surface area (Å²) in [6, 6.07) is 16.5. The van der Waals surface area contributed by atoms with E-state index >= 15 is 0 Å². The second-order valence-electron chi connectivity index (χ2n) is 7.69. The van der Waals surface area contributed by atoms with E-state index in [1.165, 1.54) is 17.4 Å². The number of thiazole rings is 1. The molecule has 4 aromatic rings. The Labute approximate surface area is 196 Å². The van der Waals surface area contributed by atoms with Crippen LogP contribution in [0.25, 0.3) is 21.7 Å². The van der Waals surface area contributed by atoms with E-state index in [0.29, 0.717) is 28.4 Å². The molecule has 0 radical (unpaired) electrons. The fourth-order valence-corrected chi connectivity index (χ4v) is 6.15. The first-order chi connectivity index (χ1) is 15.8. The van der Waals surface area contributed by atoms with Gasteiger partial charge in [0.15, 0.2) is 17.5 Å². The molecule has 0 N–H and O–H groups in total. The van der Waals surface area contributed by atoms with Crippen LogP contribution in [0.2, 0.25) is 0 Å². The molecule has 0 saturated heterocycles. The van der Waals surface area contributed by atoms with E-state index in [0.717, 1.165) is 27.6 Å². The summed E-state index contributed by atoms with van der Waals surface area (Å²) in [5.41, 5.74) is 1.84. The van der Waals surface area contributed by atoms with Gasteiger partial charge in [-0.3, -0.25) is 0 Å². The third-order valence-electron chi connectivity index (χ3n) is 5.12. The van der Waals surface area contributed by atoms with Crippen molar-refractivity contribution < 1.29 is 13.0 Å². The van der Waals surface area contributed by atoms with Gasteiger partial charge in [-0.2, -0.15) is 4.36 Å². The highest BCUT2D eigenvalue weighted by Crippen LogP contribution is 2.38. The second kappa shape index (κ2) is 9.49. The molecule has 0 saturated carbocycles. The third kappa shape index (κ3) is 4.72. The molecule has 4 rings (SSSR count). The number of rotatable bonds is 6. The summed E-state index contributed by atoms with van der Waals surface area (Å²) < 4.78 is 45.8. The van der Waals surface area contributed by atoms with E-state index in [1.54, 1.807) is 12.3 Å². The van der Waals surface area contributed by atoms with Crippen LogP contribution in [-0.4, -0.2) is 19.4 Å². The Hall–Kier alpha value is -2.97. The second-order valence-corrected chi connectivity index (χ2v) is 11.5. The van der Waals surface area contributed by atoms with Crippen molar-refractivity contribution >= 4 is 26.9 Å². The lowest BCUT2D eigenvalue weighted by atomic mass is 10.1. The Balaban J connectivity index is 1.85. The predicted molar refractivity (Wildman–Crippen MR) is 130 cm³/mol. The molecule has 33 heavy (non-hydrogen) atoms. The molecule has 0 bridgehead atoms. The Morgan fingerprint density at radius 2 is 1.76 bits per heavy atom. The van der Waals surface area contributed by atoms with Gasteiger partial charge in [-0.1, -0.05) is 25.1 Å². The van der Waals surface area contributed by atoms with Crippen LogP contribution < -0.4 is 0 Å². The number of nitrogens with zero attached hydrogens (tertiary/aromatic N) is 3. The smallest absolute Gasteiger partial charge is 0.162 e. The third-order valence-corrected chi connectivity index (χ3v) is 9.06. The Bertz CT molecular complexity index is 1410. The van der Waals surface area contributed by atoms with Crippen LogP contribution in [0, 0.1) is 11.6 Å². The van der Waals surface area contributed by atoms with Crippen LogP contribution in [0.15, 0.2) is 76.1 Å². The summed E-state index contributed by atoms with van der Waals surface area (Å²) in [5, 5.41) is 0.647. The van der Waals surface area contributed by atoms with Gasteiger partial charge in [-0.15, -0.1) is 11.3 Å². The maximum Gasteiger partial charge on any atom is 0.162 e. The molecule has 4 nitrogen and oxygen atoms in total. The molecule has 0 aliphatic rings. The van der Waals surface area contributed by atoms with Gasteiger partial charge in [0.1, 0.15) is 0 Å². The zero-order valence-electron chi connectivity index (χ0n) is 18.5. The van der Waals surface area contributed by atoms with Crippen LogP contribution in [0.4, 0.5) is 14.6 Å². The minimum atomic E-state index is -2.75. The van der Waals surface area contributed by atoms with Gasteiger partial charge in [0.25, 0.3) is 0 Å². The summed E-state index contributed by atoms with van der Waals surface area (Å²) in [5.74, 6) is -1.48. The average molecular weight is 484 g/mol. The molecule has 2 aromatic heterocycles. The van der Waals surface area contributed by atoms with Crippen LogP contribution in [-0.2, 0) is 16.1 Å². The molecule has 2 heterocycles. The topological polar surface area (TPSA) is 55.2 Å². The number of pyridine rings is 1. The summed E-state index contributed by atoms with van der Waals surface area (Å²) in [6.45, 7) is 5.74. The lowest BCUT2D eigenvalue weighted by Crippen LogP contribution is -2.13. The molecule has 0 aliphatic heterocycles. The fourth-order valence-electron chi connectivity index (χ4n) is 3.34. The largest absolute Gasteiger partial charge is 0.244 e. The van der Waals surface area contributed by atoms with Crippen LogP contribution >= 0.6 is 11.3 Å². The average Bonchev–Trinajstić information content (AvgIpc) is 3.26. The van der Waals surface area contributed by atoms with Crippen LogP contribution in [0.1, 0.15) is 25.8 Å². The Kier molecular flexibility index (Phi) is 6.67. The lowest BCUT2D eigenvalue weighted by molar-refractivity contribution is 0.509. The van der Waals surface area contributed by atoms with E-state index < -0.39 is 21.4 Å². The summed E-state index contributed by atoms with van der Waals surface area (Å²) >= 11 is 1.48. The molecule has 1 unspecified atom stereocenters. The van der Waals surface area contributed by atoms with E-state index in [2.05, 4.69) is 14.3 Å². The zero-order valence-corrected chi connectivity index (χ0v) is 20.1. The van der Waals surface area contributed by atoms with Crippen molar-refractivity contribution in [3.63, 3.8) is 0 Å². The number of aromatic nitrogens is 2. The Morgan fingerprint density at radius 1 is 1.00 bits per heavy atom. The van der Waals surface area contributed by atoms with Gasteiger partial charge in [-0.25, -0.2) is 23.0 Å². The van der Waals surface area contributed by atoms with E-state index in [1.807, 2.05) is 57.2 Å². The maximum absolute atomic E-state index is 13.9. The van der Waals surface area contributed by atoms with E-state index in [-0.39, 0.29) is 5.25 Å². The van der Waals surface area contributed by atoms with Crippen LogP contribution in [0.5, 0.6) is 0 Å². The zero-order chi connectivity index (χ0) is 23.6. The number of hydrogen-bond donors (Lipinski definition) is 0. The molecule has 170 valence electrons. The van der Waals surface area contributed by atoms with Crippen molar-refractivity contribution in [1.82, 2.24) is 9.97 Å². The molecule has 8 heteroatoms. The molecule has 2 aromatic carbocycles. The van der Waals surface area contributed by atoms with Gasteiger partial charge >= 0.3 is 0 Å². The Morgan fingerprint density at radius 3 is 2.42 bits per heavy atom. The van der Waals surface area contributed by atoms with E-state index in [9.17, 15) is 13.0 Å². The van der Waals surface area contributed by atoms with Gasteiger partial charge < -0.3 is 0 Å². The van der Waals surface area contributed by atoms with Crippen molar-refractivity contribution in [2.75, 3.05) is 0 Å². The molecular formula is C25H23F2N3OS2. The first kappa shape index (κ1) is 23.2. The molecule has 0 spiro atoms. The summed E-state index contributed by atoms with van der Waals surface area (Å²) in [4.78, 5) is 10.4. The highest BCUT2D eigenvalue weighted by molar-refractivity contribution is 7.94. The number of hydrogen-bond acceptors (Lipinski definition) is 5. The van der Waals surface area contributed by atoms with Gasteiger partial charge in [0.2, 0.25) is 0 Å². The van der Waals surface area contributed by atoms with E-state index in [4.69, 9.17) is 0 Å². The van der Waals surface area contributed by atoms with Crippen molar-refractivity contribution in [2.24, 2.45) is 4.36 Å². The summed E-state index contributed by atoms with van der Waals surface area (Å²) in [7, 11) is -2.75. The van der Waals surface area contributed by atoms with Crippen LogP contribution in [0.3, 0.4) is 0 Å². The molecule has 0 fully saturated rings. The van der Waals surface area contributed by atoms with Gasteiger partial charge in [0.05, 0.1) is 25.3 Å². The molecule has 0 amide bonds. The maximum atomic E-state index is 13.9. The lowest BCUT2D eigenvalue weighted by Gasteiger charge is -2.14. The SMILES string of the molecule is CCc1nc(-c2ccc(F)c(F)c2)c(-c2ccnc(N=S(=O)(c3ccccc3)C(C)C)c2)s1. The van der Waals surface area contributed by atoms with Crippen molar-refractivity contribution in [2.45, 2.75) is 37.3 Å². The highest BCUT2D eigenvalue weighted by atomic mass is 32.2. The fraction of sp³-hybridized carbons (Fsp3) is 0.200. The van der Waals surface area contributed by atoms with Crippen molar-refractivity contribution in [3.8, 4) is 21.7 Å². The first-order valence-electron chi connectivity index (χ1n) is 10.5. The monoisotopic (exact) mass is 483 g/mol. The summed E-state index contributed by atoms with van der Waals surface area (Å²) in [6.07, 6.45) is 2.32. The quantitative estimate of drug-likeness (QED) is 0.290. The minimum Gasteiger partial charge on any atom is -0.244 e. The number of halogens is 2. The van der Waals surface area contributed by atoms with Gasteiger partial charge in [-0.05, 0) is 68.3 Å². The standard InChI is InChI=1S/C25H23F2N3OS2/c1-4-23-29-24(17-10-11-20(26)21(27)14-17)25(32-23)18-12-13-28-22(15-18)30-33(31,16(2)3)19-8-6-5-7-9-19/h5-16H,4H2,1-3H3. The highest BCUT2D eigenvalue weighted by Gasteiger charge is 2.20. The number of aryl methyl sites for hydroxylation is 1. The molecular weight excluding hydrogens is 460 g/mol. The molecule has 0 aliphatic carbocycles. The van der Waals surface area contributed by atoms with Crippen molar-refractivity contribution in [1.29, 1.82) is 0 Å². The predicted octanol–water partition coefficient (Wildman–Crippen LogP) is 7.28. The van der Waals surface area contributed by atoms with Gasteiger partial charge in [0, 0.05) is 21.9 Å². The normalized spacial score (nSPS) is 13.2.